The Hall–Kier alpha value is -3.78. The first-order valence-electron chi connectivity index (χ1n) is 10.7. The lowest BCUT2D eigenvalue weighted by Gasteiger charge is -2.26. The normalized spacial score (nSPS) is 12.3. The number of nitrogens with one attached hydrogen (secondary N) is 1. The number of nitrogens with zero attached hydrogens (tertiary/aromatic N) is 1. The quantitative estimate of drug-likeness (QED) is 0.467. The summed E-state index contributed by atoms with van der Waals surface area (Å²) < 4.78 is 40.5. The number of para-hydroxylation sites is 1. The molecule has 0 fully saturated rings. The van der Waals surface area contributed by atoms with Gasteiger partial charge in [-0.05, 0) is 54.8 Å². The number of carbonyl (C=O) groups is 2. The Balaban J connectivity index is 1.87. The van der Waals surface area contributed by atoms with Crippen molar-refractivity contribution in [2.75, 3.05) is 11.4 Å². The standard InChI is InChI=1S/C26H25FN2O4S/c1-2-29(23-11-7-4-8-12-23)26(31)24(19-21-13-15-22(27)16-14-21)25(30)28-34(32,33)18-17-20-9-5-3-6-10-20/h3-18,24H,2,19H2,1H3,(H,28,30). The average molecular weight is 481 g/mol. The lowest BCUT2D eigenvalue weighted by atomic mass is 9.97. The smallest absolute Gasteiger partial charge is 0.257 e. The van der Waals surface area contributed by atoms with Crippen molar-refractivity contribution in [1.29, 1.82) is 0 Å². The third-order valence-corrected chi connectivity index (χ3v) is 6.08. The molecule has 0 aromatic heterocycles. The number of rotatable bonds is 9. The first-order valence-corrected chi connectivity index (χ1v) is 12.2. The molecule has 3 rings (SSSR count). The van der Waals surface area contributed by atoms with Gasteiger partial charge < -0.3 is 4.90 Å². The fourth-order valence-electron chi connectivity index (χ4n) is 3.39. The number of carbonyl (C=O) groups excluding carboxylic acids is 2. The van der Waals surface area contributed by atoms with E-state index in [-0.39, 0.29) is 13.0 Å². The highest BCUT2D eigenvalue weighted by Gasteiger charge is 2.33. The fraction of sp³-hybridized carbons (Fsp3) is 0.154. The van der Waals surface area contributed by atoms with Crippen molar-refractivity contribution in [2.24, 2.45) is 5.92 Å². The molecule has 3 aromatic rings. The monoisotopic (exact) mass is 480 g/mol. The maximum Gasteiger partial charge on any atom is 0.257 e. The molecule has 0 aliphatic carbocycles. The molecular formula is C26H25FN2O4S. The van der Waals surface area contributed by atoms with E-state index >= 15 is 0 Å². The molecule has 1 N–H and O–H groups in total. The van der Waals surface area contributed by atoms with Gasteiger partial charge in [0, 0.05) is 12.2 Å². The Bertz CT molecular complexity index is 1240. The molecule has 0 saturated heterocycles. The SMILES string of the molecule is CCN(C(=O)C(Cc1ccc(F)cc1)C(=O)NS(=O)(=O)C=Cc1ccccc1)c1ccccc1. The molecule has 0 heterocycles. The van der Waals surface area contributed by atoms with E-state index in [1.807, 2.05) is 4.72 Å². The van der Waals surface area contributed by atoms with Gasteiger partial charge in [0.05, 0.1) is 5.41 Å². The molecule has 0 aliphatic heterocycles. The van der Waals surface area contributed by atoms with Crippen molar-refractivity contribution in [2.45, 2.75) is 13.3 Å². The number of anilines is 1. The number of hydrogen-bond acceptors (Lipinski definition) is 4. The van der Waals surface area contributed by atoms with Crippen molar-refractivity contribution in [3.05, 3.63) is 107 Å². The highest BCUT2D eigenvalue weighted by Crippen LogP contribution is 2.20. The van der Waals surface area contributed by atoms with Crippen molar-refractivity contribution in [3.8, 4) is 0 Å². The van der Waals surface area contributed by atoms with Crippen LogP contribution in [0.3, 0.4) is 0 Å². The van der Waals surface area contributed by atoms with Gasteiger partial charge in [-0.1, -0.05) is 60.7 Å². The molecule has 176 valence electrons. The van der Waals surface area contributed by atoms with E-state index in [1.54, 1.807) is 67.6 Å². The maximum absolute atomic E-state index is 13.4. The number of sulfonamides is 1. The first-order chi connectivity index (χ1) is 16.3. The van der Waals surface area contributed by atoms with E-state index in [0.717, 1.165) is 5.41 Å². The Labute approximate surface area is 198 Å². The van der Waals surface area contributed by atoms with Crippen LogP contribution in [0, 0.1) is 11.7 Å². The summed E-state index contributed by atoms with van der Waals surface area (Å²) in [4.78, 5) is 27.9. The van der Waals surface area contributed by atoms with Gasteiger partial charge in [-0.15, -0.1) is 0 Å². The van der Waals surface area contributed by atoms with E-state index in [4.69, 9.17) is 0 Å². The molecule has 0 aliphatic rings. The molecule has 1 unspecified atom stereocenters. The van der Waals surface area contributed by atoms with Crippen LogP contribution < -0.4 is 9.62 Å². The van der Waals surface area contributed by atoms with Gasteiger partial charge in [-0.2, -0.15) is 0 Å². The Morgan fingerprint density at radius 3 is 2.12 bits per heavy atom. The summed E-state index contributed by atoms with van der Waals surface area (Å²) in [6.07, 6.45) is 1.26. The molecule has 34 heavy (non-hydrogen) atoms. The van der Waals surface area contributed by atoms with E-state index in [9.17, 15) is 22.4 Å². The Morgan fingerprint density at radius 1 is 0.941 bits per heavy atom. The topological polar surface area (TPSA) is 83.6 Å². The van der Waals surface area contributed by atoms with Gasteiger partial charge in [-0.25, -0.2) is 17.5 Å². The molecular weight excluding hydrogens is 455 g/mol. The van der Waals surface area contributed by atoms with Crippen molar-refractivity contribution >= 4 is 33.6 Å². The van der Waals surface area contributed by atoms with E-state index in [0.29, 0.717) is 16.8 Å². The predicted octanol–water partition coefficient (Wildman–Crippen LogP) is 4.15. The molecule has 0 spiro atoms. The second kappa shape index (κ2) is 11.4. The average Bonchev–Trinajstić information content (AvgIpc) is 2.84. The van der Waals surface area contributed by atoms with Crippen LogP contribution in [0.1, 0.15) is 18.1 Å². The molecule has 2 amide bonds. The second-order valence-electron chi connectivity index (χ2n) is 7.53. The summed E-state index contributed by atoms with van der Waals surface area (Å²) in [5.41, 5.74) is 1.75. The highest BCUT2D eigenvalue weighted by atomic mass is 32.2. The number of benzene rings is 3. The maximum atomic E-state index is 13.4. The van der Waals surface area contributed by atoms with Crippen LogP contribution in [0.15, 0.2) is 90.3 Å². The summed E-state index contributed by atoms with van der Waals surface area (Å²) in [6, 6.07) is 22.9. The summed E-state index contributed by atoms with van der Waals surface area (Å²) in [7, 11) is -4.16. The third-order valence-electron chi connectivity index (χ3n) is 5.10. The minimum Gasteiger partial charge on any atom is -0.312 e. The van der Waals surface area contributed by atoms with Crippen LogP contribution in [0.2, 0.25) is 0 Å². The van der Waals surface area contributed by atoms with Crippen LogP contribution in [0.25, 0.3) is 6.08 Å². The molecule has 0 radical (unpaired) electrons. The van der Waals surface area contributed by atoms with E-state index < -0.39 is 33.6 Å². The van der Waals surface area contributed by atoms with Crippen molar-refractivity contribution in [3.63, 3.8) is 0 Å². The lowest BCUT2D eigenvalue weighted by Crippen LogP contribution is -2.46. The number of hydrogen-bond donors (Lipinski definition) is 1. The predicted molar refractivity (Wildman–Crippen MR) is 131 cm³/mol. The van der Waals surface area contributed by atoms with Crippen molar-refractivity contribution < 1.29 is 22.4 Å². The number of amides is 2. The zero-order chi connectivity index (χ0) is 24.6. The Kier molecular flexibility index (Phi) is 8.32. The van der Waals surface area contributed by atoms with Crippen LogP contribution in [-0.4, -0.2) is 26.8 Å². The second-order valence-corrected chi connectivity index (χ2v) is 9.09. The van der Waals surface area contributed by atoms with Gasteiger partial charge in [-0.3, -0.25) is 9.59 Å². The molecule has 1 atom stereocenters. The largest absolute Gasteiger partial charge is 0.312 e. The highest BCUT2D eigenvalue weighted by molar-refractivity contribution is 7.93. The minimum atomic E-state index is -4.16. The lowest BCUT2D eigenvalue weighted by molar-refractivity contribution is -0.132. The van der Waals surface area contributed by atoms with Crippen LogP contribution in [-0.2, 0) is 26.0 Å². The molecule has 0 bridgehead atoms. The summed E-state index contributed by atoms with van der Waals surface area (Å²) in [5, 5.41) is 0.883. The summed E-state index contributed by atoms with van der Waals surface area (Å²) in [6.45, 7) is 2.04. The summed E-state index contributed by atoms with van der Waals surface area (Å²) in [5.74, 6) is -3.31. The van der Waals surface area contributed by atoms with Gasteiger partial charge >= 0.3 is 0 Å². The fourth-order valence-corrected chi connectivity index (χ4v) is 4.21. The molecule has 3 aromatic carbocycles. The van der Waals surface area contributed by atoms with E-state index in [2.05, 4.69) is 0 Å². The first kappa shape index (κ1) is 24.9. The van der Waals surface area contributed by atoms with Gasteiger partial charge in [0.15, 0.2) is 0 Å². The van der Waals surface area contributed by atoms with Crippen LogP contribution in [0.5, 0.6) is 0 Å². The summed E-state index contributed by atoms with van der Waals surface area (Å²) >= 11 is 0. The zero-order valence-electron chi connectivity index (χ0n) is 18.6. The molecule has 8 heteroatoms. The van der Waals surface area contributed by atoms with Gasteiger partial charge in [0.25, 0.3) is 10.0 Å². The van der Waals surface area contributed by atoms with Crippen molar-refractivity contribution in [1.82, 2.24) is 4.72 Å². The van der Waals surface area contributed by atoms with Gasteiger partial charge in [0.1, 0.15) is 11.7 Å². The number of halogens is 1. The van der Waals surface area contributed by atoms with Crippen LogP contribution in [0.4, 0.5) is 10.1 Å². The van der Waals surface area contributed by atoms with Gasteiger partial charge in [0.2, 0.25) is 11.8 Å². The van der Waals surface area contributed by atoms with Crippen LogP contribution >= 0.6 is 0 Å². The molecule has 6 nitrogen and oxygen atoms in total. The zero-order valence-corrected chi connectivity index (χ0v) is 19.4. The Morgan fingerprint density at radius 2 is 1.53 bits per heavy atom. The molecule has 0 saturated carbocycles. The third kappa shape index (κ3) is 6.86. The minimum absolute atomic E-state index is 0.0911. The van der Waals surface area contributed by atoms with E-state index in [1.165, 1.54) is 35.2 Å².